The second-order valence-electron chi connectivity index (χ2n) is 11.4. The molecule has 1 N–H and O–H groups in total. The number of hydrogen-bond acceptors (Lipinski definition) is 9. The lowest BCUT2D eigenvalue weighted by Crippen LogP contribution is -2.67. The molecule has 0 aliphatic carbocycles. The van der Waals surface area contributed by atoms with Gasteiger partial charge >= 0.3 is 17.9 Å². The van der Waals surface area contributed by atoms with E-state index in [-0.39, 0.29) is 18.9 Å². The van der Waals surface area contributed by atoms with Gasteiger partial charge in [0.25, 0.3) is 0 Å². The van der Waals surface area contributed by atoms with Gasteiger partial charge < -0.3 is 29.0 Å². The highest BCUT2D eigenvalue weighted by Crippen LogP contribution is 2.41. The van der Waals surface area contributed by atoms with Crippen LogP contribution in [0.1, 0.15) is 70.1 Å². The van der Waals surface area contributed by atoms with E-state index in [9.17, 15) is 19.2 Å². The van der Waals surface area contributed by atoms with Crippen molar-refractivity contribution in [3.8, 4) is 0 Å². The number of hydrogen-bond donors (Lipinski definition) is 1. The van der Waals surface area contributed by atoms with Crippen LogP contribution >= 0.6 is 0 Å². The van der Waals surface area contributed by atoms with Crippen LogP contribution in [0.25, 0.3) is 0 Å². The molecule has 0 aromatic heterocycles. The number of carbonyl (C=O) groups is 4. The Bertz CT molecular complexity index is 1370. The molecule has 1 fully saturated rings. The second-order valence-corrected chi connectivity index (χ2v) is 11.4. The molecule has 0 radical (unpaired) electrons. The predicted octanol–water partition coefficient (Wildman–Crippen LogP) is 5.21. The van der Waals surface area contributed by atoms with Gasteiger partial charge in [0.15, 0.2) is 12.2 Å². The van der Waals surface area contributed by atoms with E-state index in [2.05, 4.69) is 5.32 Å². The molecule has 0 spiro atoms. The van der Waals surface area contributed by atoms with Gasteiger partial charge in [-0.25, -0.2) is 0 Å². The summed E-state index contributed by atoms with van der Waals surface area (Å²) >= 11 is 0. The van der Waals surface area contributed by atoms with Crippen molar-refractivity contribution in [3.05, 3.63) is 108 Å². The van der Waals surface area contributed by atoms with Crippen LogP contribution in [-0.4, -0.2) is 61.1 Å². The van der Waals surface area contributed by atoms with E-state index in [1.807, 2.05) is 97.9 Å². The molecular formula is C37H43NO9. The normalized spacial score (nSPS) is 20.9. The zero-order chi connectivity index (χ0) is 33.8. The number of ether oxygens (including phenoxy) is 5. The number of carbonyl (C=O) groups excluding carboxylic acids is 4. The average Bonchev–Trinajstić information content (AvgIpc) is 3.05. The summed E-state index contributed by atoms with van der Waals surface area (Å²) in [5.41, 5.74) is 1.30. The van der Waals surface area contributed by atoms with E-state index in [4.69, 9.17) is 23.7 Å². The number of rotatable bonds is 14. The maximum Gasteiger partial charge on any atom is 0.305 e. The fourth-order valence-corrected chi connectivity index (χ4v) is 5.89. The Morgan fingerprint density at radius 3 is 1.60 bits per heavy atom. The van der Waals surface area contributed by atoms with Gasteiger partial charge in [0.05, 0.1) is 6.61 Å². The van der Waals surface area contributed by atoms with Crippen LogP contribution in [0.15, 0.2) is 91.0 Å². The topological polar surface area (TPSA) is 126 Å². The smallest absolute Gasteiger partial charge is 0.305 e. The van der Waals surface area contributed by atoms with Crippen LogP contribution < -0.4 is 5.32 Å². The van der Waals surface area contributed by atoms with Crippen molar-refractivity contribution < 1.29 is 42.9 Å². The van der Waals surface area contributed by atoms with Crippen LogP contribution in [0.2, 0.25) is 0 Å². The van der Waals surface area contributed by atoms with Crippen molar-refractivity contribution in [3.63, 3.8) is 0 Å². The second kappa shape index (κ2) is 16.9. The summed E-state index contributed by atoms with van der Waals surface area (Å²) in [5, 5.41) is 2.81. The summed E-state index contributed by atoms with van der Waals surface area (Å²) in [6.07, 6.45) is -2.39. The monoisotopic (exact) mass is 645 g/mol. The maximum absolute atomic E-state index is 13.0. The molecule has 10 nitrogen and oxygen atoms in total. The highest BCUT2D eigenvalue weighted by molar-refractivity contribution is 5.76. The third-order valence-corrected chi connectivity index (χ3v) is 7.87. The molecule has 10 heteroatoms. The van der Waals surface area contributed by atoms with Crippen molar-refractivity contribution in [1.82, 2.24) is 5.32 Å². The predicted molar refractivity (Wildman–Crippen MR) is 173 cm³/mol. The van der Waals surface area contributed by atoms with Gasteiger partial charge in [0.2, 0.25) is 12.2 Å². The Kier molecular flexibility index (Phi) is 12.7. The summed E-state index contributed by atoms with van der Waals surface area (Å²) in [4.78, 5) is 50.2. The lowest BCUT2D eigenvalue weighted by molar-refractivity contribution is -0.275. The maximum atomic E-state index is 13.0. The first-order valence-electron chi connectivity index (χ1n) is 15.9. The fourth-order valence-electron chi connectivity index (χ4n) is 5.89. The van der Waals surface area contributed by atoms with E-state index in [0.29, 0.717) is 6.42 Å². The molecule has 0 bridgehead atoms. The molecule has 1 amide bonds. The number of nitrogens with one attached hydrogen (secondary N) is 1. The highest BCUT2D eigenvalue weighted by atomic mass is 16.7. The zero-order valence-corrected chi connectivity index (χ0v) is 27.3. The molecular weight excluding hydrogens is 602 g/mol. The van der Waals surface area contributed by atoms with Gasteiger partial charge in [0.1, 0.15) is 17.7 Å². The van der Waals surface area contributed by atoms with Crippen LogP contribution in [0, 0.1) is 0 Å². The number of esters is 3. The molecule has 1 saturated heterocycles. The van der Waals surface area contributed by atoms with Crippen LogP contribution in [0.3, 0.4) is 0 Å². The minimum absolute atomic E-state index is 0.197. The quantitative estimate of drug-likeness (QED) is 0.109. The molecule has 4 rings (SSSR count). The van der Waals surface area contributed by atoms with Crippen molar-refractivity contribution in [1.29, 1.82) is 0 Å². The molecule has 0 saturated carbocycles. The van der Waals surface area contributed by atoms with Gasteiger partial charge in [-0.05, 0) is 23.1 Å². The number of amides is 1. The summed E-state index contributed by atoms with van der Waals surface area (Å²) in [6.45, 7) is 5.45. The minimum Gasteiger partial charge on any atom is -0.456 e. The van der Waals surface area contributed by atoms with Gasteiger partial charge in [-0.2, -0.15) is 0 Å². The highest BCUT2D eigenvalue weighted by Gasteiger charge is 2.53. The SMILES string of the molecule is CCCCCC(=O)N[C@H]1[C@@H](OC(C)=O)O[C@H](COC(c2ccccc2)(c2ccccc2)c2ccccc2)[C@@H](OC(C)=O)[C@@H]1OC(C)=O. The molecule has 0 unspecified atom stereocenters. The fraction of sp³-hybridized carbons (Fsp3) is 0.405. The summed E-state index contributed by atoms with van der Waals surface area (Å²) in [7, 11) is 0. The molecule has 47 heavy (non-hydrogen) atoms. The minimum atomic E-state index is -1.38. The Morgan fingerprint density at radius 1 is 0.681 bits per heavy atom. The van der Waals surface area contributed by atoms with E-state index in [1.165, 1.54) is 20.8 Å². The van der Waals surface area contributed by atoms with E-state index < -0.39 is 54.2 Å². The van der Waals surface area contributed by atoms with Crippen molar-refractivity contribution in [2.24, 2.45) is 0 Å². The molecule has 3 aromatic rings. The Hall–Kier alpha value is -4.54. The van der Waals surface area contributed by atoms with Crippen molar-refractivity contribution in [2.75, 3.05) is 6.61 Å². The molecule has 250 valence electrons. The molecule has 1 heterocycles. The van der Waals surface area contributed by atoms with Crippen LogP contribution in [0.4, 0.5) is 0 Å². The van der Waals surface area contributed by atoms with Crippen molar-refractivity contribution in [2.45, 2.75) is 89.6 Å². The van der Waals surface area contributed by atoms with Gasteiger partial charge in [0, 0.05) is 27.2 Å². The first-order chi connectivity index (χ1) is 22.6. The third kappa shape index (κ3) is 9.05. The van der Waals surface area contributed by atoms with Gasteiger partial charge in [-0.1, -0.05) is 111 Å². The first kappa shape index (κ1) is 35.3. The molecule has 1 aliphatic heterocycles. The van der Waals surface area contributed by atoms with Gasteiger partial charge in [-0.15, -0.1) is 0 Å². The Morgan fingerprint density at radius 2 is 1.15 bits per heavy atom. The van der Waals surface area contributed by atoms with E-state index >= 15 is 0 Å². The summed E-state index contributed by atoms with van der Waals surface area (Å²) < 4.78 is 30.3. The van der Waals surface area contributed by atoms with Crippen LogP contribution in [0.5, 0.6) is 0 Å². The Balaban J connectivity index is 1.79. The Labute approximate surface area is 275 Å². The average molecular weight is 646 g/mol. The van der Waals surface area contributed by atoms with Crippen molar-refractivity contribution >= 4 is 23.8 Å². The van der Waals surface area contributed by atoms with E-state index in [1.54, 1.807) is 0 Å². The lowest BCUT2D eigenvalue weighted by Gasteiger charge is -2.46. The number of unbranched alkanes of at least 4 members (excludes halogenated alkanes) is 2. The molecule has 3 aromatic carbocycles. The van der Waals surface area contributed by atoms with E-state index in [0.717, 1.165) is 29.5 Å². The summed E-state index contributed by atoms with van der Waals surface area (Å²) in [6, 6.07) is 27.8. The molecule has 1 aliphatic rings. The number of benzene rings is 3. The standard InChI is InChI=1S/C37H43NO9/c1-5-6-10-23-32(42)38-33-35(45-26(3)40)34(44-25(2)39)31(47-36(33)46-27(4)41)24-43-37(28-17-11-7-12-18-28,29-19-13-8-14-20-29)30-21-15-9-16-22-30/h7-9,11-22,31,33-36H,5-6,10,23-24H2,1-4H3,(H,38,42)/t31-,33-,34-,35-,36+/m1/s1. The largest absolute Gasteiger partial charge is 0.456 e. The van der Waals surface area contributed by atoms with Crippen LogP contribution in [-0.2, 0) is 48.5 Å². The van der Waals surface area contributed by atoms with Gasteiger partial charge in [-0.3, -0.25) is 19.2 Å². The lowest BCUT2D eigenvalue weighted by atomic mass is 9.80. The summed E-state index contributed by atoms with van der Waals surface area (Å²) in [5.74, 6) is -2.39. The zero-order valence-electron chi connectivity index (χ0n) is 27.3. The first-order valence-corrected chi connectivity index (χ1v) is 15.9. The third-order valence-electron chi connectivity index (χ3n) is 7.87. The molecule has 5 atom stereocenters.